The lowest BCUT2D eigenvalue weighted by molar-refractivity contribution is 0.0600. The highest BCUT2D eigenvalue weighted by atomic mass is 32.2. The number of ether oxygens (including phenoxy) is 3. The number of carbonyl (C=O) groups excluding carboxylic acids is 1. The van der Waals surface area contributed by atoms with Crippen LogP contribution < -0.4 is 45.6 Å². The Morgan fingerprint density at radius 2 is 0.758 bits per heavy atom. The fourth-order valence-electron chi connectivity index (χ4n) is 17.9. The molecule has 132 heavy (non-hydrogen) atoms. The molecule has 8 aliphatic heterocycles. The van der Waals surface area contributed by atoms with Crippen LogP contribution in [0.1, 0.15) is 211 Å². The molecule has 4 unspecified atom stereocenters. The van der Waals surface area contributed by atoms with Gasteiger partial charge in [-0.3, -0.25) is 16.8 Å². The van der Waals surface area contributed by atoms with Crippen LogP contribution in [0.5, 0.6) is 5.75 Å². The van der Waals surface area contributed by atoms with Gasteiger partial charge in [0.05, 0.1) is 159 Å². The number of rotatable bonds is 28. The second-order valence-electron chi connectivity index (χ2n) is 36.2. The van der Waals surface area contributed by atoms with Crippen molar-refractivity contribution in [3.8, 4) is 5.75 Å². The van der Waals surface area contributed by atoms with Gasteiger partial charge in [-0.15, -0.1) is 11.3 Å². The van der Waals surface area contributed by atoms with E-state index in [-0.39, 0.29) is 95.1 Å². The number of nitrogens with zero attached hydrogens (tertiary/aromatic N) is 13. The minimum Gasteiger partial charge on any atom is -0.497 e. The van der Waals surface area contributed by atoms with Crippen LogP contribution in [0.3, 0.4) is 0 Å². The fraction of sp³-hybridized carbons (Fsp3) is 0.551. The van der Waals surface area contributed by atoms with Crippen molar-refractivity contribution < 1.29 is 56.3 Å². The Hall–Kier alpha value is -9.26. The number of fused-ring (bicyclic) bond motifs is 5. The number of hydrogen-bond donors (Lipinski definition) is 8. The van der Waals surface area contributed by atoms with Crippen LogP contribution in [0.4, 0.5) is 47.1 Å². The summed E-state index contributed by atoms with van der Waals surface area (Å²) in [6.07, 6.45) is 10.8. The lowest BCUT2D eigenvalue weighted by atomic mass is 9.88. The van der Waals surface area contributed by atoms with Gasteiger partial charge in [0, 0.05) is 113 Å². The van der Waals surface area contributed by atoms with Gasteiger partial charge in [0.15, 0.2) is 0 Å². The summed E-state index contributed by atoms with van der Waals surface area (Å²) in [5, 5.41) is 53.7. The number of hydrogen-bond acceptors (Lipinski definition) is 30. The van der Waals surface area contributed by atoms with E-state index in [9.17, 15) is 42.1 Å². The zero-order valence-electron chi connectivity index (χ0n) is 77.0. The lowest BCUT2D eigenvalue weighted by Gasteiger charge is -2.33. The zero-order chi connectivity index (χ0) is 92.1. The number of aliphatic hydroxyl groups is 4. The third-order valence-electron chi connectivity index (χ3n) is 26.3. The summed E-state index contributed by atoms with van der Waals surface area (Å²) in [6, 6.07) is 30.4. The molecular formula is C98H137N17O12S5. The first-order valence-electron chi connectivity index (χ1n) is 45.9. The number of piperidine rings is 4. The van der Waals surface area contributed by atoms with Crippen molar-refractivity contribution in [1.29, 1.82) is 0 Å². The maximum atomic E-state index is 12.6. The van der Waals surface area contributed by atoms with Crippen LogP contribution in [0.15, 0.2) is 117 Å². The predicted molar refractivity (Wildman–Crippen MR) is 533 cm³/mol. The molecule has 4 fully saturated rings. The normalized spacial score (nSPS) is 19.4. The average molecular weight is 1910 g/mol. The van der Waals surface area contributed by atoms with Crippen LogP contribution in [0.25, 0.3) is 16.0 Å². The summed E-state index contributed by atoms with van der Waals surface area (Å²) in [7, 11) is 0.334. The summed E-state index contributed by atoms with van der Waals surface area (Å²) in [5.41, 5.74) is 11.2. The molecule has 17 rings (SSSR count). The maximum absolute atomic E-state index is 12.6. The second kappa shape index (κ2) is 46.8. The van der Waals surface area contributed by atoms with Crippen LogP contribution in [-0.2, 0) is 78.4 Å². The quantitative estimate of drug-likeness (QED) is 0.0167. The van der Waals surface area contributed by atoms with E-state index < -0.39 is 43.2 Å². The fourth-order valence-corrected chi connectivity index (χ4v) is 24.2. The molecule has 13 heterocycles. The topological polar surface area (TPSA) is 371 Å². The predicted octanol–water partition coefficient (Wildman–Crippen LogP) is 14.4. The Labute approximate surface area is 793 Å². The van der Waals surface area contributed by atoms with Crippen molar-refractivity contribution >= 4 is 124 Å². The second-order valence-corrected chi connectivity index (χ2v) is 43.3. The molecule has 9 aromatic rings. The number of esters is 1. The van der Waals surface area contributed by atoms with Crippen molar-refractivity contribution in [3.63, 3.8) is 0 Å². The molecule has 0 amide bonds. The molecule has 34 heteroatoms. The minimum absolute atomic E-state index is 0. The summed E-state index contributed by atoms with van der Waals surface area (Å²) < 4.78 is 67.0. The molecule has 0 radical (unpaired) electrons. The van der Waals surface area contributed by atoms with E-state index in [0.717, 1.165) is 159 Å². The number of aryl methyl sites for hydroxylation is 5. The van der Waals surface area contributed by atoms with Crippen LogP contribution in [0, 0.1) is 30.6 Å². The summed E-state index contributed by atoms with van der Waals surface area (Å²) in [4.78, 5) is 66.9. The SMILES string of the molecule is C.C.C=C(OC)c1ccc(C2CCN(c3nc4c(c(N[C@@H](CO)C(C)C)n3)S(=O)CC4)CC2)cc1.COC(=O)c1cccc(C2CCN(c3nc4c(c(N[C@@H](CO)C(C)C)n3)S(=O)CC4)CC2)c1.COc1ccc(C2CCN(c3nc4c(c(N[C@@H](CO)C(C)C)n3)S(=O)CC4)CC2)cc1.Cc1ccc2sc(C3CCN(c4nc5c(c(N[C@@H](CO)C(C)C)n4)S(=O)CC5)CC3)nc2c1. The van der Waals surface area contributed by atoms with Crippen LogP contribution in [0.2, 0.25) is 0 Å². The number of thiazole rings is 1. The van der Waals surface area contributed by atoms with Crippen molar-refractivity contribution in [3.05, 3.63) is 159 Å². The number of anilines is 8. The number of aliphatic hydroxyl groups excluding tert-OH is 4. The molecule has 0 saturated carbocycles. The molecule has 8 N–H and O–H groups in total. The number of nitrogens with one attached hydrogen (secondary N) is 4. The van der Waals surface area contributed by atoms with E-state index in [4.69, 9.17) is 59.1 Å². The van der Waals surface area contributed by atoms with E-state index in [1.807, 2.05) is 49.4 Å². The van der Waals surface area contributed by atoms with Crippen LogP contribution in [-0.4, -0.2) is 235 Å². The Morgan fingerprint density at radius 3 is 1.08 bits per heavy atom. The number of aromatic nitrogens is 9. The molecule has 5 aromatic heterocycles. The minimum atomic E-state index is -1.12. The summed E-state index contributed by atoms with van der Waals surface area (Å²) in [5.74, 6) is 11.5. The highest BCUT2D eigenvalue weighted by molar-refractivity contribution is 7.86. The molecule has 0 aliphatic carbocycles. The van der Waals surface area contributed by atoms with E-state index in [1.165, 1.54) is 33.5 Å². The molecular weight excluding hydrogens is 1770 g/mol. The number of benzene rings is 4. The maximum Gasteiger partial charge on any atom is 0.337 e. The van der Waals surface area contributed by atoms with E-state index in [0.29, 0.717) is 141 Å². The number of methoxy groups -OCH3 is 3. The zero-order valence-corrected chi connectivity index (χ0v) is 81.1. The first-order chi connectivity index (χ1) is 62.7. The van der Waals surface area contributed by atoms with Crippen molar-refractivity contribution in [2.75, 3.05) is 164 Å². The van der Waals surface area contributed by atoms with Gasteiger partial charge in [0.2, 0.25) is 23.8 Å². The highest BCUT2D eigenvalue weighted by Gasteiger charge is 2.37. The smallest absolute Gasteiger partial charge is 0.337 e. The van der Waals surface area contributed by atoms with Crippen molar-refractivity contribution in [2.45, 2.75) is 222 Å². The van der Waals surface area contributed by atoms with Gasteiger partial charge in [-0.25, -0.2) is 29.7 Å². The molecule has 8 atom stereocenters. The van der Waals surface area contributed by atoms with Gasteiger partial charge in [-0.2, -0.15) is 19.9 Å². The standard InChI is InChI=1S/C25H34N4O3S.C24H31N5O2S2.C24H32N4O4S.C23H32N4O3S.2CH4/c1-16(2)22(15-30)26-24-23-21(11-14-33(23)31)27-25(28-24)29-12-9-20(10-13-29)19-7-5-18(6-8-19)17(3)32-4;1-14(2)19(13-30)25-22-21-17(8-11-33(21)31)27-24(28-22)29-9-6-16(7-10-29)23-26-18-12-15(3)4-5-20(18)32-23;1-15(2)20(14-29)25-22-21-19(9-12-33(21)31)26-24(27-22)28-10-7-16(8-11-28)17-5-4-6-18(13-17)23(30)32-3;1-15(2)20(14-28)24-22-21-19(10-13-31(21)29)25-23(26-22)27-11-8-17(9-12-27)16-4-6-18(30-3)7-5-16;;/h5-8,16,20,22,30H,3,9-15H2,1-2,4H3,(H,26,27,28);4-5,12,14,16,19,30H,6-11,13H2,1-3H3,(H,25,27,28);4-6,13,15-16,20,29H,7-12,14H2,1-3H3,(H,25,26,27);4-7,15,17,20,28H,8-14H2,1-3H3,(H,24,25,26);2*1H4/t22-,33?;19-,33?;20-,33?;20-,31?;;/m0000../s1. The molecule has 8 aliphatic rings. The first kappa shape index (κ1) is 102. The summed E-state index contributed by atoms with van der Waals surface area (Å²) >= 11 is 1.81. The Bertz CT molecular complexity index is 5500. The van der Waals surface area contributed by atoms with E-state index in [1.54, 1.807) is 20.3 Å². The Kier molecular flexibility index (Phi) is 36.1. The van der Waals surface area contributed by atoms with Gasteiger partial charge in [-0.1, -0.05) is 131 Å². The molecule has 0 bridgehead atoms. The third kappa shape index (κ3) is 24.1. The van der Waals surface area contributed by atoms with Gasteiger partial charge in [0.25, 0.3) is 0 Å². The van der Waals surface area contributed by atoms with Crippen molar-refractivity contribution in [1.82, 2.24) is 44.9 Å². The van der Waals surface area contributed by atoms with E-state index in [2.05, 4.69) is 157 Å². The summed E-state index contributed by atoms with van der Waals surface area (Å²) in [6.45, 7) is 29.2. The molecule has 4 saturated heterocycles. The van der Waals surface area contributed by atoms with Crippen molar-refractivity contribution in [2.24, 2.45) is 23.7 Å². The van der Waals surface area contributed by atoms with Gasteiger partial charge in [-0.05, 0) is 158 Å². The van der Waals surface area contributed by atoms with E-state index >= 15 is 0 Å². The third-order valence-corrected chi connectivity index (χ3v) is 33.4. The highest BCUT2D eigenvalue weighted by Crippen LogP contribution is 2.42. The average Bonchev–Trinajstić information content (AvgIpc) is 1.73. The van der Waals surface area contributed by atoms with Crippen LogP contribution >= 0.6 is 11.3 Å². The largest absolute Gasteiger partial charge is 0.497 e. The monoisotopic (exact) mass is 1900 g/mol. The molecule has 4 aromatic carbocycles. The number of carbonyl (C=O) groups is 1. The Morgan fingerprint density at radius 1 is 0.424 bits per heavy atom. The molecule has 716 valence electrons. The van der Waals surface area contributed by atoms with Gasteiger partial charge >= 0.3 is 5.97 Å². The molecule has 29 nitrogen and oxygen atoms in total. The molecule has 0 spiro atoms. The Balaban J connectivity index is 0.000000158. The lowest BCUT2D eigenvalue weighted by Crippen LogP contribution is -2.35. The van der Waals surface area contributed by atoms with Gasteiger partial charge < -0.3 is 75.5 Å². The first-order valence-corrected chi connectivity index (χ1v) is 52.0. The van der Waals surface area contributed by atoms with Gasteiger partial charge in [0.1, 0.15) is 54.4 Å².